The molecular formula is C9H15N5O2. The average Bonchev–Trinajstić information content (AvgIpc) is 2.62. The number of nitrogens with zero attached hydrogens (tertiary/aromatic N) is 3. The number of hydrogen-bond donors (Lipinski definition) is 3. The number of nitrogens with one attached hydrogen (secondary N) is 2. The second kappa shape index (κ2) is 5.86. The van der Waals surface area contributed by atoms with Crippen LogP contribution in [-0.2, 0) is 17.9 Å². The molecule has 1 aromatic heterocycles. The molecule has 0 saturated heterocycles. The monoisotopic (exact) mass is 225 g/mol. The van der Waals surface area contributed by atoms with E-state index in [2.05, 4.69) is 27.5 Å². The summed E-state index contributed by atoms with van der Waals surface area (Å²) in [7, 11) is 1.70. The van der Waals surface area contributed by atoms with Gasteiger partial charge in [0.05, 0.1) is 25.8 Å². The third kappa shape index (κ3) is 4.09. The Morgan fingerprint density at radius 1 is 1.69 bits per heavy atom. The molecule has 7 heteroatoms. The van der Waals surface area contributed by atoms with Gasteiger partial charge in [0.2, 0.25) is 5.91 Å². The molecule has 0 aromatic carbocycles. The summed E-state index contributed by atoms with van der Waals surface area (Å²) >= 11 is 0. The van der Waals surface area contributed by atoms with Crippen LogP contribution in [0.2, 0.25) is 0 Å². The van der Waals surface area contributed by atoms with Gasteiger partial charge in [0.25, 0.3) is 0 Å². The summed E-state index contributed by atoms with van der Waals surface area (Å²) in [4.78, 5) is 11.1. The maximum absolute atomic E-state index is 11.1. The molecule has 1 rings (SSSR count). The first-order valence-corrected chi connectivity index (χ1v) is 4.79. The number of carbonyl (C=O) groups excluding carboxylic acids is 1. The second-order valence-corrected chi connectivity index (χ2v) is 3.28. The first kappa shape index (κ1) is 12.2. The molecule has 0 fully saturated rings. The number of aliphatic hydroxyl groups excluding tert-OH is 1. The maximum Gasteiger partial charge on any atom is 0.234 e. The number of aromatic nitrogens is 3. The van der Waals surface area contributed by atoms with Gasteiger partial charge in [-0.3, -0.25) is 4.79 Å². The van der Waals surface area contributed by atoms with Crippen LogP contribution < -0.4 is 10.6 Å². The lowest BCUT2D eigenvalue weighted by Gasteiger charge is -2.00. The van der Waals surface area contributed by atoms with Gasteiger partial charge in [-0.15, -0.1) is 5.10 Å². The first-order valence-electron chi connectivity index (χ1n) is 4.79. The molecule has 1 aromatic rings. The standard InChI is InChI=1S/C9H15N5O2/c1-7(15)5-14-6-8(12-13-14)3-11-9(16)4-10-2/h6,10,15H,1,3-5H2,2H3,(H,11,16). The number of likely N-dealkylation sites (N-methyl/N-ethyl adjacent to an activating group) is 1. The Labute approximate surface area is 93.1 Å². The Morgan fingerprint density at radius 2 is 2.44 bits per heavy atom. The van der Waals surface area contributed by atoms with Gasteiger partial charge in [-0.2, -0.15) is 0 Å². The summed E-state index contributed by atoms with van der Waals surface area (Å²) in [6, 6.07) is 0. The summed E-state index contributed by atoms with van der Waals surface area (Å²) in [6.45, 7) is 4.14. The summed E-state index contributed by atoms with van der Waals surface area (Å²) < 4.78 is 1.45. The normalized spacial score (nSPS) is 10.1. The van der Waals surface area contributed by atoms with Crippen LogP contribution in [0.5, 0.6) is 0 Å². The highest BCUT2D eigenvalue weighted by molar-refractivity contribution is 5.77. The Balaban J connectivity index is 2.40. The highest BCUT2D eigenvalue weighted by Gasteiger charge is 2.03. The molecule has 0 spiro atoms. The van der Waals surface area contributed by atoms with E-state index in [1.54, 1.807) is 13.2 Å². The molecule has 0 aliphatic rings. The molecular weight excluding hydrogens is 210 g/mol. The fourth-order valence-corrected chi connectivity index (χ4v) is 1.10. The summed E-state index contributed by atoms with van der Waals surface area (Å²) in [6.07, 6.45) is 1.64. The lowest BCUT2D eigenvalue weighted by molar-refractivity contribution is -0.120. The Hall–Kier alpha value is -1.89. The molecule has 0 radical (unpaired) electrons. The van der Waals surface area contributed by atoms with Crippen LogP contribution in [-0.4, -0.2) is 39.6 Å². The van der Waals surface area contributed by atoms with Crippen molar-refractivity contribution in [1.82, 2.24) is 25.6 Å². The van der Waals surface area contributed by atoms with Gasteiger partial charge in [0, 0.05) is 0 Å². The lowest BCUT2D eigenvalue weighted by Crippen LogP contribution is -2.31. The van der Waals surface area contributed by atoms with E-state index in [0.29, 0.717) is 12.2 Å². The van der Waals surface area contributed by atoms with Crippen molar-refractivity contribution in [3.05, 3.63) is 24.2 Å². The van der Waals surface area contributed by atoms with E-state index in [4.69, 9.17) is 5.11 Å². The van der Waals surface area contributed by atoms with Crippen molar-refractivity contribution >= 4 is 5.91 Å². The van der Waals surface area contributed by atoms with Gasteiger partial charge in [0.1, 0.15) is 11.5 Å². The molecule has 7 nitrogen and oxygen atoms in total. The van der Waals surface area contributed by atoms with Crippen molar-refractivity contribution < 1.29 is 9.90 Å². The van der Waals surface area contributed by atoms with Gasteiger partial charge >= 0.3 is 0 Å². The van der Waals surface area contributed by atoms with Crippen molar-refractivity contribution in [3.8, 4) is 0 Å². The zero-order valence-electron chi connectivity index (χ0n) is 9.10. The third-order valence-corrected chi connectivity index (χ3v) is 1.73. The largest absolute Gasteiger partial charge is 0.511 e. The number of amides is 1. The highest BCUT2D eigenvalue weighted by atomic mass is 16.3. The van der Waals surface area contributed by atoms with Crippen molar-refractivity contribution in [2.24, 2.45) is 0 Å². The third-order valence-electron chi connectivity index (χ3n) is 1.73. The Bertz CT molecular complexity index is 374. The predicted octanol–water partition coefficient (Wildman–Crippen LogP) is -0.815. The van der Waals surface area contributed by atoms with Crippen molar-refractivity contribution in [2.75, 3.05) is 13.6 Å². The minimum Gasteiger partial charge on any atom is -0.511 e. The first-order chi connectivity index (χ1) is 7.61. The number of carbonyl (C=O) groups is 1. The molecule has 0 saturated carbocycles. The fraction of sp³-hybridized carbons (Fsp3) is 0.444. The quantitative estimate of drug-likeness (QED) is 0.550. The van der Waals surface area contributed by atoms with Crippen LogP contribution in [0.3, 0.4) is 0 Å². The number of rotatable bonds is 6. The van der Waals surface area contributed by atoms with E-state index in [1.165, 1.54) is 4.68 Å². The van der Waals surface area contributed by atoms with E-state index in [9.17, 15) is 4.79 Å². The van der Waals surface area contributed by atoms with E-state index < -0.39 is 0 Å². The average molecular weight is 225 g/mol. The van der Waals surface area contributed by atoms with E-state index in [0.717, 1.165) is 0 Å². The summed E-state index contributed by atoms with van der Waals surface area (Å²) in [5.41, 5.74) is 0.630. The minimum absolute atomic E-state index is 0.00988. The van der Waals surface area contributed by atoms with Crippen molar-refractivity contribution in [2.45, 2.75) is 13.1 Å². The molecule has 1 amide bonds. The predicted molar refractivity (Wildman–Crippen MR) is 57.6 cm³/mol. The molecule has 16 heavy (non-hydrogen) atoms. The van der Waals surface area contributed by atoms with Gasteiger partial charge < -0.3 is 15.7 Å². The molecule has 1 heterocycles. The Morgan fingerprint density at radius 3 is 3.06 bits per heavy atom. The zero-order chi connectivity index (χ0) is 12.0. The molecule has 0 aliphatic heterocycles. The molecule has 3 N–H and O–H groups in total. The Kier molecular flexibility index (Phi) is 4.46. The SMILES string of the molecule is C=C(O)Cn1cc(CNC(=O)CNC)nn1. The molecule has 0 atom stereocenters. The molecule has 0 aliphatic carbocycles. The maximum atomic E-state index is 11.1. The molecule has 0 unspecified atom stereocenters. The van der Waals surface area contributed by atoms with Crippen LogP contribution >= 0.6 is 0 Å². The second-order valence-electron chi connectivity index (χ2n) is 3.28. The fourth-order valence-electron chi connectivity index (χ4n) is 1.10. The van der Waals surface area contributed by atoms with Crippen LogP contribution in [0.4, 0.5) is 0 Å². The summed E-state index contributed by atoms with van der Waals surface area (Å²) in [5, 5.41) is 21.9. The number of aliphatic hydroxyl groups is 1. The van der Waals surface area contributed by atoms with Gasteiger partial charge in [-0.05, 0) is 7.05 Å². The smallest absolute Gasteiger partial charge is 0.234 e. The van der Waals surface area contributed by atoms with Gasteiger partial charge in [-0.1, -0.05) is 11.8 Å². The van der Waals surface area contributed by atoms with Crippen LogP contribution in [0, 0.1) is 0 Å². The van der Waals surface area contributed by atoms with Crippen LogP contribution in [0.1, 0.15) is 5.69 Å². The zero-order valence-corrected chi connectivity index (χ0v) is 9.10. The van der Waals surface area contributed by atoms with Crippen LogP contribution in [0.25, 0.3) is 0 Å². The summed E-state index contributed by atoms with van der Waals surface area (Å²) in [5.74, 6) is -0.0979. The molecule has 0 bridgehead atoms. The highest BCUT2D eigenvalue weighted by Crippen LogP contribution is 1.95. The van der Waals surface area contributed by atoms with Crippen molar-refractivity contribution in [1.29, 1.82) is 0 Å². The number of allylic oxidation sites excluding steroid dienone is 1. The van der Waals surface area contributed by atoms with E-state index in [1.807, 2.05) is 0 Å². The van der Waals surface area contributed by atoms with E-state index in [-0.39, 0.29) is 24.8 Å². The number of hydrogen-bond acceptors (Lipinski definition) is 5. The van der Waals surface area contributed by atoms with Crippen molar-refractivity contribution in [3.63, 3.8) is 0 Å². The minimum atomic E-state index is -0.108. The van der Waals surface area contributed by atoms with E-state index >= 15 is 0 Å². The topological polar surface area (TPSA) is 92.1 Å². The van der Waals surface area contributed by atoms with Gasteiger partial charge in [0.15, 0.2) is 0 Å². The van der Waals surface area contributed by atoms with Crippen LogP contribution in [0.15, 0.2) is 18.5 Å². The lowest BCUT2D eigenvalue weighted by atomic mass is 10.4. The molecule has 88 valence electrons. The van der Waals surface area contributed by atoms with Gasteiger partial charge in [-0.25, -0.2) is 4.68 Å².